The Hall–Kier alpha value is -1.67. The minimum atomic E-state index is 0.387. The molecule has 1 aliphatic heterocycles. The first kappa shape index (κ1) is 11.8. The Labute approximate surface area is 101 Å². The van der Waals surface area contributed by atoms with Gasteiger partial charge in [0, 0.05) is 18.8 Å². The Kier molecular flexibility index (Phi) is 3.89. The number of aromatic nitrogens is 2. The number of anilines is 1. The van der Waals surface area contributed by atoms with Crippen molar-refractivity contribution in [1.82, 2.24) is 14.9 Å². The van der Waals surface area contributed by atoms with E-state index in [1.807, 2.05) is 6.07 Å². The molecule has 0 aromatic carbocycles. The van der Waals surface area contributed by atoms with E-state index in [0.29, 0.717) is 17.7 Å². The lowest BCUT2D eigenvalue weighted by atomic mass is 10.1. The van der Waals surface area contributed by atoms with Gasteiger partial charge < -0.3 is 10.2 Å². The highest BCUT2D eigenvalue weighted by Gasteiger charge is 2.19. The monoisotopic (exact) mass is 231 g/mol. The molecule has 1 saturated heterocycles. The highest BCUT2D eigenvalue weighted by atomic mass is 15.2. The second kappa shape index (κ2) is 5.60. The lowest BCUT2D eigenvalue weighted by Crippen LogP contribution is -2.42. The van der Waals surface area contributed by atoms with Crippen molar-refractivity contribution in [3.05, 3.63) is 18.0 Å². The van der Waals surface area contributed by atoms with Crippen LogP contribution in [0.25, 0.3) is 0 Å². The van der Waals surface area contributed by atoms with E-state index in [0.717, 1.165) is 19.5 Å². The zero-order valence-corrected chi connectivity index (χ0v) is 10.1. The van der Waals surface area contributed by atoms with Gasteiger partial charge in [0.1, 0.15) is 11.8 Å². The van der Waals surface area contributed by atoms with Crippen LogP contribution in [0.15, 0.2) is 12.3 Å². The molecule has 1 fully saturated rings. The average Bonchev–Trinajstić information content (AvgIpc) is 2.39. The van der Waals surface area contributed by atoms with Crippen LogP contribution in [0.1, 0.15) is 25.5 Å². The van der Waals surface area contributed by atoms with Gasteiger partial charge in [-0.3, -0.25) is 0 Å². The molecule has 0 bridgehead atoms. The molecule has 5 nitrogen and oxygen atoms in total. The van der Waals surface area contributed by atoms with E-state index in [-0.39, 0.29) is 0 Å². The van der Waals surface area contributed by atoms with Gasteiger partial charge in [-0.1, -0.05) is 6.92 Å². The number of nitrogens with zero attached hydrogens (tertiary/aromatic N) is 4. The summed E-state index contributed by atoms with van der Waals surface area (Å²) in [6.45, 7) is 5.46. The quantitative estimate of drug-likeness (QED) is 0.848. The van der Waals surface area contributed by atoms with Crippen LogP contribution in [0, 0.1) is 11.3 Å². The maximum absolute atomic E-state index is 8.77. The molecule has 90 valence electrons. The van der Waals surface area contributed by atoms with Gasteiger partial charge in [-0.05, 0) is 32.0 Å². The average molecular weight is 231 g/mol. The molecule has 0 radical (unpaired) electrons. The van der Waals surface area contributed by atoms with Crippen LogP contribution in [-0.4, -0.2) is 40.5 Å². The number of hydrogen-bond donors (Lipinski definition) is 1. The van der Waals surface area contributed by atoms with E-state index in [1.54, 1.807) is 12.3 Å². The highest BCUT2D eigenvalue weighted by molar-refractivity contribution is 5.31. The first-order valence-corrected chi connectivity index (χ1v) is 6.04. The summed E-state index contributed by atoms with van der Waals surface area (Å²) >= 11 is 0. The van der Waals surface area contributed by atoms with Crippen LogP contribution >= 0.6 is 0 Å². The fourth-order valence-corrected chi connectivity index (χ4v) is 2.13. The zero-order chi connectivity index (χ0) is 12.1. The number of nitriles is 1. The van der Waals surface area contributed by atoms with Gasteiger partial charge in [0.05, 0.1) is 0 Å². The first-order valence-electron chi connectivity index (χ1n) is 6.04. The number of likely N-dealkylation sites (tertiary alicyclic amines) is 1. The van der Waals surface area contributed by atoms with E-state index in [4.69, 9.17) is 5.26 Å². The minimum absolute atomic E-state index is 0.387. The van der Waals surface area contributed by atoms with Gasteiger partial charge in [0.15, 0.2) is 0 Å². The zero-order valence-electron chi connectivity index (χ0n) is 10.1. The second-order valence-electron chi connectivity index (χ2n) is 4.25. The molecule has 1 N–H and O–H groups in total. The van der Waals surface area contributed by atoms with E-state index >= 15 is 0 Å². The first-order chi connectivity index (χ1) is 8.31. The molecule has 1 unspecified atom stereocenters. The molecule has 0 saturated carbocycles. The molecule has 1 aromatic rings. The molecule has 17 heavy (non-hydrogen) atoms. The molecule has 0 spiro atoms. The van der Waals surface area contributed by atoms with Gasteiger partial charge in [0.2, 0.25) is 5.95 Å². The summed E-state index contributed by atoms with van der Waals surface area (Å²) < 4.78 is 0. The van der Waals surface area contributed by atoms with Crippen LogP contribution in [0.4, 0.5) is 5.95 Å². The largest absolute Gasteiger partial charge is 0.350 e. The highest BCUT2D eigenvalue weighted by Crippen LogP contribution is 2.13. The summed E-state index contributed by atoms with van der Waals surface area (Å²) in [5.74, 6) is 0.562. The minimum Gasteiger partial charge on any atom is -0.350 e. The predicted octanol–water partition coefficient (Wildman–Crippen LogP) is 1.24. The van der Waals surface area contributed by atoms with Crippen molar-refractivity contribution in [3.8, 4) is 6.07 Å². The molecular formula is C12H17N5. The normalized spacial score (nSPS) is 20.8. The third-order valence-electron chi connectivity index (χ3n) is 3.06. The molecule has 2 heterocycles. The van der Waals surface area contributed by atoms with E-state index in [9.17, 15) is 0 Å². The van der Waals surface area contributed by atoms with Gasteiger partial charge in [0.25, 0.3) is 0 Å². The number of rotatable bonds is 3. The number of likely N-dealkylation sites (N-methyl/N-ethyl adjacent to an activating group) is 1. The van der Waals surface area contributed by atoms with Crippen LogP contribution < -0.4 is 5.32 Å². The Balaban J connectivity index is 1.98. The van der Waals surface area contributed by atoms with Crippen molar-refractivity contribution in [2.45, 2.75) is 25.8 Å². The Morgan fingerprint density at radius 3 is 3.29 bits per heavy atom. The summed E-state index contributed by atoms with van der Waals surface area (Å²) in [5, 5.41) is 12.1. The van der Waals surface area contributed by atoms with Crippen molar-refractivity contribution in [2.75, 3.05) is 25.0 Å². The number of nitrogens with one attached hydrogen (secondary N) is 1. The van der Waals surface area contributed by atoms with Gasteiger partial charge in [-0.15, -0.1) is 0 Å². The lowest BCUT2D eigenvalue weighted by Gasteiger charge is -2.32. The molecule has 0 aliphatic carbocycles. The third kappa shape index (κ3) is 3.14. The van der Waals surface area contributed by atoms with Crippen molar-refractivity contribution < 1.29 is 0 Å². The van der Waals surface area contributed by atoms with Gasteiger partial charge >= 0.3 is 0 Å². The fourth-order valence-electron chi connectivity index (χ4n) is 2.13. The summed E-state index contributed by atoms with van der Waals surface area (Å²) in [6.07, 6.45) is 3.95. The lowest BCUT2D eigenvalue weighted by molar-refractivity contribution is 0.226. The van der Waals surface area contributed by atoms with Crippen LogP contribution in [0.3, 0.4) is 0 Å². The number of hydrogen-bond acceptors (Lipinski definition) is 5. The Morgan fingerprint density at radius 2 is 2.53 bits per heavy atom. The van der Waals surface area contributed by atoms with E-state index in [2.05, 4.69) is 27.1 Å². The van der Waals surface area contributed by atoms with Crippen molar-refractivity contribution in [1.29, 1.82) is 5.26 Å². The predicted molar refractivity (Wildman–Crippen MR) is 65.5 cm³/mol. The molecule has 1 atom stereocenters. The molecule has 1 aromatic heterocycles. The maximum atomic E-state index is 8.77. The molecule has 1 aliphatic rings. The molecular weight excluding hydrogens is 214 g/mol. The van der Waals surface area contributed by atoms with Crippen LogP contribution in [0.2, 0.25) is 0 Å². The SMILES string of the molecule is CCN1CCCC(Nc2nccc(C#N)n2)C1. The van der Waals surface area contributed by atoms with Crippen LogP contribution in [-0.2, 0) is 0 Å². The Morgan fingerprint density at radius 1 is 1.65 bits per heavy atom. The summed E-state index contributed by atoms with van der Waals surface area (Å²) in [7, 11) is 0. The summed E-state index contributed by atoms with van der Waals surface area (Å²) in [4.78, 5) is 10.7. The van der Waals surface area contributed by atoms with E-state index < -0.39 is 0 Å². The fraction of sp³-hybridized carbons (Fsp3) is 0.583. The molecule has 5 heteroatoms. The topological polar surface area (TPSA) is 64.8 Å². The summed E-state index contributed by atoms with van der Waals surface area (Å²) in [6, 6.07) is 4.03. The molecule has 0 amide bonds. The van der Waals surface area contributed by atoms with Gasteiger partial charge in [-0.2, -0.15) is 5.26 Å². The standard InChI is InChI=1S/C12H17N5/c1-2-17-7-3-4-11(9-17)16-12-14-6-5-10(8-13)15-12/h5-6,11H,2-4,7,9H2,1H3,(H,14,15,16). The molecule has 2 rings (SSSR count). The van der Waals surface area contributed by atoms with Crippen molar-refractivity contribution >= 4 is 5.95 Å². The summed E-state index contributed by atoms with van der Waals surface area (Å²) in [5.41, 5.74) is 0.408. The Bertz CT molecular complexity index is 412. The van der Waals surface area contributed by atoms with Gasteiger partial charge in [-0.25, -0.2) is 9.97 Å². The maximum Gasteiger partial charge on any atom is 0.224 e. The second-order valence-corrected chi connectivity index (χ2v) is 4.25. The van der Waals surface area contributed by atoms with Crippen molar-refractivity contribution in [2.24, 2.45) is 0 Å². The van der Waals surface area contributed by atoms with Crippen LogP contribution in [0.5, 0.6) is 0 Å². The van der Waals surface area contributed by atoms with E-state index in [1.165, 1.54) is 13.0 Å². The smallest absolute Gasteiger partial charge is 0.224 e. The van der Waals surface area contributed by atoms with Crippen molar-refractivity contribution in [3.63, 3.8) is 0 Å². The third-order valence-corrected chi connectivity index (χ3v) is 3.06. The number of piperidine rings is 1.